The van der Waals surface area contributed by atoms with Crippen molar-refractivity contribution in [3.63, 3.8) is 0 Å². The van der Waals surface area contributed by atoms with Gasteiger partial charge in [0.1, 0.15) is 6.61 Å². The number of piperazine rings is 1. The summed E-state index contributed by atoms with van der Waals surface area (Å²) in [4.78, 5) is 38.9. The number of amides is 2. The maximum Gasteiger partial charge on any atom is 0.310 e. The van der Waals surface area contributed by atoms with Crippen LogP contribution >= 0.6 is 0 Å². The molecule has 0 spiro atoms. The Morgan fingerprint density at radius 1 is 1.00 bits per heavy atom. The lowest BCUT2D eigenvalue weighted by Crippen LogP contribution is -2.55. The van der Waals surface area contributed by atoms with Crippen molar-refractivity contribution in [2.45, 2.75) is 6.10 Å². The van der Waals surface area contributed by atoms with Crippen molar-refractivity contribution < 1.29 is 28.7 Å². The molecule has 1 saturated heterocycles. The first kappa shape index (κ1) is 20.5. The number of para-hydroxylation sites is 4. The van der Waals surface area contributed by atoms with Gasteiger partial charge in [-0.15, -0.1) is 0 Å². The highest BCUT2D eigenvalue weighted by atomic mass is 16.6. The van der Waals surface area contributed by atoms with Crippen LogP contribution in [-0.4, -0.2) is 72.0 Å². The predicted molar refractivity (Wildman–Crippen MR) is 108 cm³/mol. The van der Waals surface area contributed by atoms with Gasteiger partial charge in [-0.2, -0.15) is 0 Å². The van der Waals surface area contributed by atoms with Gasteiger partial charge in [-0.05, 0) is 18.2 Å². The van der Waals surface area contributed by atoms with E-state index in [0.717, 1.165) is 0 Å². The van der Waals surface area contributed by atoms with Crippen LogP contribution in [0.5, 0.6) is 17.2 Å². The Balaban J connectivity index is 1.27. The minimum Gasteiger partial charge on any atom is -0.485 e. The number of benzene rings is 2. The van der Waals surface area contributed by atoms with Gasteiger partial charge in [0.25, 0.3) is 11.8 Å². The molecule has 162 valence electrons. The lowest BCUT2D eigenvalue weighted by molar-refractivity contribution is -0.385. The Morgan fingerprint density at radius 2 is 1.65 bits per heavy atom. The van der Waals surface area contributed by atoms with E-state index < -0.39 is 11.0 Å². The lowest BCUT2D eigenvalue weighted by Gasteiger charge is -2.37. The van der Waals surface area contributed by atoms with Gasteiger partial charge >= 0.3 is 5.69 Å². The van der Waals surface area contributed by atoms with Crippen LogP contribution in [0.3, 0.4) is 0 Å². The Morgan fingerprint density at radius 3 is 2.39 bits per heavy atom. The maximum absolute atomic E-state index is 12.8. The van der Waals surface area contributed by atoms with E-state index in [1.165, 1.54) is 18.2 Å². The van der Waals surface area contributed by atoms with Crippen molar-refractivity contribution in [1.29, 1.82) is 0 Å². The van der Waals surface area contributed by atoms with Gasteiger partial charge in [0.05, 0.1) is 4.92 Å². The van der Waals surface area contributed by atoms with Crippen LogP contribution in [0.2, 0.25) is 0 Å². The largest absolute Gasteiger partial charge is 0.485 e. The second kappa shape index (κ2) is 8.90. The highest BCUT2D eigenvalue weighted by Crippen LogP contribution is 2.31. The highest BCUT2D eigenvalue weighted by Gasteiger charge is 2.33. The first-order valence-corrected chi connectivity index (χ1v) is 9.84. The van der Waals surface area contributed by atoms with E-state index in [-0.39, 0.29) is 36.5 Å². The van der Waals surface area contributed by atoms with E-state index in [1.54, 1.807) is 28.0 Å². The zero-order chi connectivity index (χ0) is 21.8. The number of fused-ring (bicyclic) bond motifs is 1. The fourth-order valence-electron chi connectivity index (χ4n) is 3.48. The molecule has 1 unspecified atom stereocenters. The molecule has 31 heavy (non-hydrogen) atoms. The smallest absolute Gasteiger partial charge is 0.310 e. The van der Waals surface area contributed by atoms with Gasteiger partial charge in [0, 0.05) is 32.2 Å². The van der Waals surface area contributed by atoms with Crippen molar-refractivity contribution in [2.75, 3.05) is 39.4 Å². The van der Waals surface area contributed by atoms with E-state index in [1.807, 2.05) is 12.1 Å². The molecule has 0 aromatic heterocycles. The standard InChI is InChI=1S/C21H21N3O7/c25-20(14-30-16-6-2-1-5-15(16)24(27)28)22-9-11-23(12-10-22)21(26)19-13-29-17-7-3-4-8-18(17)31-19/h1-8,19H,9-14H2. The molecule has 2 heterocycles. The fraction of sp³-hybridized carbons (Fsp3) is 0.333. The van der Waals surface area contributed by atoms with Gasteiger partial charge in [0.2, 0.25) is 6.10 Å². The maximum atomic E-state index is 12.8. The monoisotopic (exact) mass is 427 g/mol. The average molecular weight is 427 g/mol. The Labute approximate surface area is 178 Å². The summed E-state index contributed by atoms with van der Waals surface area (Å²) >= 11 is 0. The molecule has 10 heteroatoms. The number of hydrogen-bond donors (Lipinski definition) is 0. The summed E-state index contributed by atoms with van der Waals surface area (Å²) < 4.78 is 16.7. The van der Waals surface area contributed by atoms with Crippen LogP contribution in [-0.2, 0) is 9.59 Å². The van der Waals surface area contributed by atoms with Gasteiger partial charge < -0.3 is 24.0 Å². The summed E-state index contributed by atoms with van der Waals surface area (Å²) in [5.41, 5.74) is -0.193. The predicted octanol–water partition coefficient (Wildman–Crippen LogP) is 1.48. The molecule has 2 aliphatic heterocycles. The molecule has 2 aromatic carbocycles. The van der Waals surface area contributed by atoms with Crippen LogP contribution in [0.1, 0.15) is 0 Å². The van der Waals surface area contributed by atoms with Gasteiger partial charge in [-0.25, -0.2) is 0 Å². The highest BCUT2D eigenvalue weighted by molar-refractivity contribution is 5.83. The zero-order valence-corrected chi connectivity index (χ0v) is 16.6. The second-order valence-corrected chi connectivity index (χ2v) is 7.08. The Hall–Kier alpha value is -3.82. The van der Waals surface area contributed by atoms with E-state index >= 15 is 0 Å². The molecule has 1 fully saturated rings. The molecule has 0 radical (unpaired) electrons. The fourth-order valence-corrected chi connectivity index (χ4v) is 3.48. The summed E-state index contributed by atoms with van der Waals surface area (Å²) in [6.07, 6.45) is -0.723. The average Bonchev–Trinajstić information content (AvgIpc) is 2.82. The van der Waals surface area contributed by atoms with E-state index in [4.69, 9.17) is 14.2 Å². The van der Waals surface area contributed by atoms with Gasteiger partial charge in [-0.1, -0.05) is 24.3 Å². The zero-order valence-electron chi connectivity index (χ0n) is 16.6. The van der Waals surface area contributed by atoms with Crippen LogP contribution < -0.4 is 14.2 Å². The van der Waals surface area contributed by atoms with Crippen molar-refractivity contribution in [3.8, 4) is 17.2 Å². The molecule has 1 atom stereocenters. The molecule has 2 aromatic rings. The topological polar surface area (TPSA) is 111 Å². The molecule has 10 nitrogen and oxygen atoms in total. The number of nitrogens with zero attached hydrogens (tertiary/aromatic N) is 3. The molecule has 0 aliphatic carbocycles. The van der Waals surface area contributed by atoms with Crippen molar-refractivity contribution in [1.82, 2.24) is 9.80 Å². The minimum atomic E-state index is -0.723. The third kappa shape index (κ3) is 4.52. The third-order valence-electron chi connectivity index (χ3n) is 5.14. The lowest BCUT2D eigenvalue weighted by atomic mass is 10.2. The first-order chi connectivity index (χ1) is 15.0. The summed E-state index contributed by atoms with van der Waals surface area (Å²) in [7, 11) is 0. The normalized spacial score (nSPS) is 17.7. The number of carbonyl (C=O) groups is 2. The molecule has 4 rings (SSSR count). The molecule has 2 amide bonds. The molecule has 0 N–H and O–H groups in total. The molecule has 2 aliphatic rings. The number of nitro groups is 1. The van der Waals surface area contributed by atoms with Crippen LogP contribution in [0.15, 0.2) is 48.5 Å². The number of rotatable bonds is 5. The van der Waals surface area contributed by atoms with E-state index in [9.17, 15) is 19.7 Å². The summed E-state index contributed by atoms with van der Waals surface area (Å²) in [5.74, 6) is 0.715. The van der Waals surface area contributed by atoms with Crippen LogP contribution in [0.4, 0.5) is 5.69 Å². The Kier molecular flexibility index (Phi) is 5.87. The van der Waals surface area contributed by atoms with Crippen molar-refractivity contribution >= 4 is 17.5 Å². The quantitative estimate of drug-likeness (QED) is 0.525. The van der Waals surface area contributed by atoms with Crippen LogP contribution in [0, 0.1) is 10.1 Å². The van der Waals surface area contributed by atoms with E-state index in [0.29, 0.717) is 37.7 Å². The van der Waals surface area contributed by atoms with E-state index in [2.05, 4.69) is 0 Å². The third-order valence-corrected chi connectivity index (χ3v) is 5.14. The van der Waals surface area contributed by atoms with Gasteiger partial charge in [0.15, 0.2) is 23.9 Å². The molecule has 0 bridgehead atoms. The molecule has 0 saturated carbocycles. The number of carbonyl (C=O) groups excluding carboxylic acids is 2. The summed E-state index contributed by atoms with van der Waals surface area (Å²) in [6.45, 7) is 1.23. The van der Waals surface area contributed by atoms with Gasteiger partial charge in [-0.3, -0.25) is 19.7 Å². The number of ether oxygens (including phenoxy) is 3. The SMILES string of the molecule is O=C(COc1ccccc1[N+](=O)[O-])N1CCN(C(=O)C2COc3ccccc3O2)CC1. The second-order valence-electron chi connectivity index (χ2n) is 7.08. The van der Waals surface area contributed by atoms with Crippen LogP contribution in [0.25, 0.3) is 0 Å². The molecular weight excluding hydrogens is 406 g/mol. The summed E-state index contributed by atoms with van der Waals surface area (Å²) in [6, 6.07) is 13.1. The van der Waals surface area contributed by atoms with Crippen molar-refractivity contribution in [3.05, 3.63) is 58.6 Å². The first-order valence-electron chi connectivity index (χ1n) is 9.84. The Bertz CT molecular complexity index is 988. The number of nitro benzene ring substituents is 1. The number of hydrogen-bond acceptors (Lipinski definition) is 7. The molecular formula is C21H21N3O7. The summed E-state index contributed by atoms with van der Waals surface area (Å²) in [5, 5.41) is 11.0. The minimum absolute atomic E-state index is 0.0457. The van der Waals surface area contributed by atoms with Crippen molar-refractivity contribution in [2.24, 2.45) is 0 Å².